The van der Waals surface area contributed by atoms with Gasteiger partial charge in [0.2, 0.25) is 0 Å². The van der Waals surface area contributed by atoms with E-state index in [1.165, 1.54) is 74.9 Å². The maximum atomic E-state index is 5.62. The summed E-state index contributed by atoms with van der Waals surface area (Å²) in [6, 6.07) is 81.7. The zero-order valence-corrected chi connectivity index (χ0v) is 37.9. The lowest BCUT2D eigenvalue weighted by atomic mass is 9.63. The van der Waals surface area contributed by atoms with Gasteiger partial charge in [0, 0.05) is 45.7 Å². The fourth-order valence-corrected chi connectivity index (χ4v) is 17.4. The molecule has 0 radical (unpaired) electrons. The Morgan fingerprint density at radius 3 is 1.58 bits per heavy atom. The van der Waals surface area contributed by atoms with Crippen LogP contribution < -0.4 is 25.6 Å². The van der Waals surface area contributed by atoms with E-state index in [1.54, 1.807) is 0 Å². The first-order valence-electron chi connectivity index (χ1n) is 23.8. The first-order valence-corrected chi connectivity index (χ1v) is 25.8. The Labute approximate surface area is 387 Å². The van der Waals surface area contributed by atoms with Crippen LogP contribution in [0.4, 0.5) is 5.69 Å². The van der Waals surface area contributed by atoms with Crippen molar-refractivity contribution in [3.63, 3.8) is 0 Å². The molecule has 4 heterocycles. The molecule has 0 spiro atoms. The van der Waals surface area contributed by atoms with Crippen LogP contribution >= 0.6 is 0 Å². The third kappa shape index (κ3) is 6.47. The van der Waals surface area contributed by atoms with Crippen molar-refractivity contribution in [2.45, 2.75) is 44.2 Å². The molecule has 4 bridgehead atoms. The minimum absolute atomic E-state index is 0.661. The summed E-state index contributed by atoms with van der Waals surface area (Å²) in [5.74, 6) is 3.39. The smallest absolute Gasteiger partial charge is 0.179 e. The number of hydrogen-bond acceptors (Lipinski definition) is 3. The lowest BCUT2D eigenvalue weighted by molar-refractivity contribution is 0.0900. The molecule has 4 fully saturated rings. The van der Waals surface area contributed by atoms with Gasteiger partial charge in [-0.15, -0.1) is 0 Å². The van der Waals surface area contributed by atoms with Gasteiger partial charge in [0.05, 0.1) is 16.7 Å². The monoisotopic (exact) mass is 866 g/mol. The molecule has 5 heteroatoms. The predicted molar refractivity (Wildman–Crippen MR) is 276 cm³/mol. The summed E-state index contributed by atoms with van der Waals surface area (Å²) in [4.78, 5) is 14.0. The van der Waals surface area contributed by atoms with Gasteiger partial charge < -0.3 is 4.90 Å². The standard InChI is InChI=1S/C61H50N4Si/c1-5-17-44(18-6-1)45-19-15-20-46(38-45)57-41-60(65-58-30-14-13-29-55(58)56-40-48(31-32-59(56)65)64-49-34-42-33-43(36-49)37-50(64)35-42)63-61(62-57)47-21-16-28-54(39-47)66(51-22-7-2-8-23-51,52-24-9-3-10-25-52)53-26-11-4-12-27-53/h1-32,38-43,49-50H,33-37H2. The fraction of sp³-hybridized carbons (Fsp3) is 0.148. The molecule has 318 valence electrons. The molecule has 2 aliphatic carbocycles. The first-order chi connectivity index (χ1) is 32.7. The zero-order chi connectivity index (χ0) is 43.6. The van der Waals surface area contributed by atoms with Crippen molar-refractivity contribution in [1.82, 2.24) is 14.5 Å². The molecule has 2 aliphatic heterocycles. The van der Waals surface area contributed by atoms with Gasteiger partial charge in [0.25, 0.3) is 0 Å². The van der Waals surface area contributed by atoms with E-state index in [0.29, 0.717) is 17.9 Å². The molecule has 10 aromatic rings. The van der Waals surface area contributed by atoms with Crippen LogP contribution in [0.1, 0.15) is 32.1 Å². The van der Waals surface area contributed by atoms with Crippen LogP contribution in [-0.2, 0) is 0 Å². The lowest BCUT2D eigenvalue weighted by Crippen LogP contribution is -2.74. The summed E-state index contributed by atoms with van der Waals surface area (Å²) >= 11 is 0. The van der Waals surface area contributed by atoms with Crippen LogP contribution in [0.2, 0.25) is 0 Å². The molecule has 2 aromatic heterocycles. The van der Waals surface area contributed by atoms with Gasteiger partial charge in [-0.2, -0.15) is 0 Å². The molecule has 2 saturated heterocycles. The number of piperidine rings is 2. The molecular formula is C61H50N4Si. The van der Waals surface area contributed by atoms with Gasteiger partial charge in [0.15, 0.2) is 13.9 Å². The van der Waals surface area contributed by atoms with Crippen LogP contribution in [0.15, 0.2) is 218 Å². The molecule has 2 saturated carbocycles. The van der Waals surface area contributed by atoms with Gasteiger partial charge in [0.1, 0.15) is 5.82 Å². The summed E-state index contributed by atoms with van der Waals surface area (Å²) in [5.41, 5.74) is 8.96. The second-order valence-corrected chi connectivity index (χ2v) is 22.8. The Balaban J connectivity index is 1.02. The second-order valence-electron chi connectivity index (χ2n) is 19.0. The summed E-state index contributed by atoms with van der Waals surface area (Å²) in [5, 5.41) is 7.82. The average molecular weight is 867 g/mol. The number of aromatic nitrogens is 3. The number of nitrogens with zero attached hydrogens (tertiary/aromatic N) is 4. The van der Waals surface area contributed by atoms with Crippen molar-refractivity contribution < 1.29 is 0 Å². The molecule has 0 N–H and O–H groups in total. The van der Waals surface area contributed by atoms with Crippen LogP contribution in [-0.4, -0.2) is 34.7 Å². The minimum atomic E-state index is -2.82. The largest absolute Gasteiger partial charge is 0.366 e. The highest BCUT2D eigenvalue weighted by Crippen LogP contribution is 2.51. The molecular weight excluding hydrogens is 817 g/mol. The molecule has 4 aliphatic rings. The van der Waals surface area contributed by atoms with Crippen molar-refractivity contribution >= 4 is 56.3 Å². The van der Waals surface area contributed by atoms with E-state index >= 15 is 0 Å². The number of rotatable bonds is 9. The van der Waals surface area contributed by atoms with E-state index in [0.717, 1.165) is 51.1 Å². The Kier molecular flexibility index (Phi) is 9.45. The van der Waals surface area contributed by atoms with E-state index in [2.05, 4.69) is 228 Å². The highest BCUT2D eigenvalue weighted by molar-refractivity contribution is 7.19. The molecule has 0 unspecified atom stereocenters. The maximum Gasteiger partial charge on any atom is 0.179 e. The average Bonchev–Trinajstić information content (AvgIpc) is 3.71. The molecule has 8 aromatic carbocycles. The quantitative estimate of drug-likeness (QED) is 0.107. The first kappa shape index (κ1) is 39.1. The highest BCUT2D eigenvalue weighted by Gasteiger charge is 2.47. The van der Waals surface area contributed by atoms with Crippen LogP contribution in [0, 0.1) is 11.8 Å². The molecule has 0 amide bonds. The van der Waals surface area contributed by atoms with E-state index in [9.17, 15) is 0 Å². The molecule has 0 atom stereocenters. The normalized spacial score (nSPS) is 18.9. The topological polar surface area (TPSA) is 34.0 Å². The van der Waals surface area contributed by atoms with E-state index in [4.69, 9.17) is 9.97 Å². The van der Waals surface area contributed by atoms with Crippen LogP contribution in [0.5, 0.6) is 0 Å². The summed E-state index contributed by atoms with van der Waals surface area (Å²) in [6.45, 7) is 0. The summed E-state index contributed by atoms with van der Waals surface area (Å²) in [6.07, 6.45) is 6.83. The SMILES string of the molecule is c1ccc(-c2cccc(-c3cc(-n4c5ccccc5c5cc(N6C7CC8CC(C7)CC6C8)ccc54)nc(-c4cccc([Si](c5ccccc5)(c5ccccc5)c5ccccc5)c4)n3)c2)cc1. The Morgan fingerprint density at radius 2 is 0.909 bits per heavy atom. The predicted octanol–water partition coefficient (Wildman–Crippen LogP) is 11.7. The maximum absolute atomic E-state index is 5.62. The third-order valence-corrected chi connectivity index (χ3v) is 20.0. The van der Waals surface area contributed by atoms with Crippen molar-refractivity contribution in [1.29, 1.82) is 0 Å². The highest BCUT2D eigenvalue weighted by atomic mass is 28.3. The van der Waals surface area contributed by atoms with Gasteiger partial charge >= 0.3 is 0 Å². The number of benzene rings is 8. The van der Waals surface area contributed by atoms with E-state index in [1.807, 2.05) is 0 Å². The Bertz CT molecular complexity index is 3260. The van der Waals surface area contributed by atoms with Gasteiger partial charge in [-0.1, -0.05) is 182 Å². The van der Waals surface area contributed by atoms with E-state index < -0.39 is 8.07 Å². The molecule has 66 heavy (non-hydrogen) atoms. The third-order valence-electron chi connectivity index (χ3n) is 15.2. The van der Waals surface area contributed by atoms with Crippen LogP contribution in [0.3, 0.4) is 0 Å². The Hall–Kier alpha value is -7.34. The summed E-state index contributed by atoms with van der Waals surface area (Å²) < 4.78 is 2.39. The van der Waals surface area contributed by atoms with Gasteiger partial charge in [-0.3, -0.25) is 4.57 Å². The van der Waals surface area contributed by atoms with Crippen molar-refractivity contribution in [3.05, 3.63) is 218 Å². The number of hydrogen-bond donors (Lipinski definition) is 0. The van der Waals surface area contributed by atoms with Crippen LogP contribution in [0.25, 0.3) is 61.4 Å². The fourth-order valence-electron chi connectivity index (χ4n) is 12.6. The minimum Gasteiger partial charge on any atom is -0.366 e. The van der Waals surface area contributed by atoms with Crippen molar-refractivity contribution in [2.24, 2.45) is 11.8 Å². The number of para-hydroxylation sites is 1. The van der Waals surface area contributed by atoms with Crippen molar-refractivity contribution in [3.8, 4) is 39.6 Å². The van der Waals surface area contributed by atoms with Gasteiger partial charge in [-0.05, 0) is 106 Å². The molecule has 4 nitrogen and oxygen atoms in total. The summed E-state index contributed by atoms with van der Waals surface area (Å²) in [7, 11) is -2.82. The Morgan fingerprint density at radius 1 is 0.379 bits per heavy atom. The lowest BCUT2D eigenvalue weighted by Gasteiger charge is -2.57. The number of anilines is 1. The van der Waals surface area contributed by atoms with Gasteiger partial charge in [-0.25, -0.2) is 9.97 Å². The molecule has 14 rings (SSSR count). The van der Waals surface area contributed by atoms with Crippen molar-refractivity contribution in [2.75, 3.05) is 4.90 Å². The number of fused-ring (bicyclic) bond motifs is 3. The second kappa shape index (κ2) is 16.0. The van der Waals surface area contributed by atoms with E-state index in [-0.39, 0.29) is 0 Å². The zero-order valence-electron chi connectivity index (χ0n) is 36.9.